The molecule has 0 fully saturated rings. The fourth-order valence-corrected chi connectivity index (χ4v) is 1.47. The van der Waals surface area contributed by atoms with E-state index in [1.165, 1.54) is 6.92 Å². The lowest BCUT2D eigenvalue weighted by Crippen LogP contribution is -2.29. The molecule has 4 nitrogen and oxygen atoms in total. The van der Waals surface area contributed by atoms with Crippen LogP contribution < -0.4 is 15.2 Å². The third kappa shape index (κ3) is 6.82. The number of hydrogen-bond donors (Lipinski definition) is 1. The molecular formula is C17H23NO3. The van der Waals surface area contributed by atoms with Gasteiger partial charge in [0.25, 0.3) is 0 Å². The van der Waals surface area contributed by atoms with E-state index in [9.17, 15) is 4.79 Å². The molecule has 0 aromatic heterocycles. The molecule has 114 valence electrons. The van der Waals surface area contributed by atoms with Gasteiger partial charge in [-0.15, -0.1) is 0 Å². The molecule has 0 heterocycles. The molecule has 1 rings (SSSR count). The van der Waals surface area contributed by atoms with Crippen LogP contribution in [0, 0.1) is 11.8 Å². The molecule has 4 heteroatoms. The first-order valence-electron chi connectivity index (χ1n) is 6.80. The van der Waals surface area contributed by atoms with Crippen molar-refractivity contribution in [3.63, 3.8) is 0 Å². The summed E-state index contributed by atoms with van der Waals surface area (Å²) in [5, 5.41) is 0. The van der Waals surface area contributed by atoms with Gasteiger partial charge < -0.3 is 15.2 Å². The van der Waals surface area contributed by atoms with Gasteiger partial charge in [-0.1, -0.05) is 11.8 Å². The number of carbonyl (C=O) groups is 1. The Morgan fingerprint density at radius 2 is 1.76 bits per heavy atom. The zero-order valence-corrected chi connectivity index (χ0v) is 13.5. The highest BCUT2D eigenvalue weighted by molar-refractivity contribution is 5.70. The van der Waals surface area contributed by atoms with Gasteiger partial charge in [-0.25, -0.2) is 0 Å². The van der Waals surface area contributed by atoms with Crippen LogP contribution in [0.5, 0.6) is 11.5 Å². The Morgan fingerprint density at radius 1 is 1.14 bits per heavy atom. The van der Waals surface area contributed by atoms with Gasteiger partial charge in [0.15, 0.2) is 11.5 Å². The SMILES string of the molecule is CC(=O)Oc1ccc(C#CC(C)(C)N)cc1OC(C)(C)C. The predicted octanol–water partition coefficient (Wildman–Crippen LogP) is 2.88. The minimum atomic E-state index is -0.570. The molecule has 0 atom stereocenters. The highest BCUT2D eigenvalue weighted by atomic mass is 16.6. The fraction of sp³-hybridized carbons (Fsp3) is 0.471. The molecule has 0 spiro atoms. The third-order valence-electron chi connectivity index (χ3n) is 2.14. The van der Waals surface area contributed by atoms with Crippen molar-refractivity contribution < 1.29 is 14.3 Å². The lowest BCUT2D eigenvalue weighted by atomic mass is 10.1. The van der Waals surface area contributed by atoms with Crippen LogP contribution in [0.25, 0.3) is 0 Å². The normalized spacial score (nSPS) is 11.4. The largest absolute Gasteiger partial charge is 0.484 e. The zero-order valence-electron chi connectivity index (χ0n) is 13.5. The van der Waals surface area contributed by atoms with E-state index in [1.807, 2.05) is 34.6 Å². The second-order valence-electron chi connectivity index (χ2n) is 6.44. The number of benzene rings is 1. The molecule has 0 bridgehead atoms. The summed E-state index contributed by atoms with van der Waals surface area (Å²) in [6.07, 6.45) is 0. The maximum atomic E-state index is 11.2. The first-order chi connectivity index (χ1) is 9.46. The van der Waals surface area contributed by atoms with Crippen LogP contribution >= 0.6 is 0 Å². The minimum Gasteiger partial charge on any atom is -0.484 e. The summed E-state index contributed by atoms with van der Waals surface area (Å²) >= 11 is 0. The maximum absolute atomic E-state index is 11.2. The summed E-state index contributed by atoms with van der Waals surface area (Å²) < 4.78 is 11.0. The molecule has 1 aromatic carbocycles. The third-order valence-corrected chi connectivity index (χ3v) is 2.14. The van der Waals surface area contributed by atoms with Crippen molar-refractivity contribution in [2.24, 2.45) is 5.73 Å². The molecule has 0 radical (unpaired) electrons. The Balaban J connectivity index is 3.19. The summed E-state index contributed by atoms with van der Waals surface area (Å²) in [4.78, 5) is 11.2. The number of carbonyl (C=O) groups excluding carboxylic acids is 1. The molecule has 0 aliphatic rings. The summed E-state index contributed by atoms with van der Waals surface area (Å²) in [5.74, 6) is 6.43. The van der Waals surface area contributed by atoms with E-state index in [0.29, 0.717) is 11.5 Å². The summed E-state index contributed by atoms with van der Waals surface area (Å²) in [6, 6.07) is 5.20. The number of hydrogen-bond acceptors (Lipinski definition) is 4. The molecule has 0 saturated carbocycles. The Bertz CT molecular complexity index is 581. The van der Waals surface area contributed by atoms with E-state index < -0.39 is 17.1 Å². The Labute approximate surface area is 126 Å². The van der Waals surface area contributed by atoms with Crippen molar-refractivity contribution in [1.82, 2.24) is 0 Å². The molecular weight excluding hydrogens is 266 g/mol. The van der Waals surface area contributed by atoms with E-state index in [1.54, 1.807) is 18.2 Å². The van der Waals surface area contributed by atoms with Gasteiger partial charge in [0.2, 0.25) is 0 Å². The Kier molecular flexibility index (Phi) is 5.03. The fourth-order valence-electron chi connectivity index (χ4n) is 1.47. The highest BCUT2D eigenvalue weighted by Gasteiger charge is 2.17. The standard InChI is InChI=1S/C17H23NO3/c1-12(19)20-14-8-7-13(9-10-17(5,6)18)11-15(14)21-16(2,3)4/h7-8,11H,18H2,1-6H3. The quantitative estimate of drug-likeness (QED) is 0.516. The molecule has 21 heavy (non-hydrogen) atoms. The lowest BCUT2D eigenvalue weighted by molar-refractivity contribution is -0.132. The van der Waals surface area contributed by atoms with Crippen LogP contribution in [0.2, 0.25) is 0 Å². The van der Waals surface area contributed by atoms with Crippen LogP contribution in [0.15, 0.2) is 18.2 Å². The average molecular weight is 289 g/mol. The van der Waals surface area contributed by atoms with Gasteiger partial charge in [0, 0.05) is 12.5 Å². The van der Waals surface area contributed by atoms with Gasteiger partial charge in [-0.2, -0.15) is 0 Å². The van der Waals surface area contributed by atoms with Gasteiger partial charge in [-0.3, -0.25) is 4.79 Å². The van der Waals surface area contributed by atoms with Crippen LogP contribution in [-0.4, -0.2) is 17.1 Å². The van der Waals surface area contributed by atoms with Gasteiger partial charge >= 0.3 is 5.97 Å². The summed E-state index contributed by atoms with van der Waals surface area (Å²) in [5.41, 5.74) is 5.62. The Hall–Kier alpha value is -1.99. The van der Waals surface area contributed by atoms with E-state index in [2.05, 4.69) is 11.8 Å². The molecule has 0 saturated heterocycles. The van der Waals surface area contributed by atoms with Crippen LogP contribution in [-0.2, 0) is 4.79 Å². The molecule has 1 aromatic rings. The topological polar surface area (TPSA) is 61.5 Å². The van der Waals surface area contributed by atoms with Gasteiger partial charge in [-0.05, 0) is 52.8 Å². The van der Waals surface area contributed by atoms with Crippen molar-refractivity contribution >= 4 is 5.97 Å². The van der Waals surface area contributed by atoms with Crippen molar-refractivity contribution in [3.8, 4) is 23.3 Å². The van der Waals surface area contributed by atoms with Gasteiger partial charge in [0.1, 0.15) is 5.60 Å². The predicted molar refractivity (Wildman–Crippen MR) is 83.3 cm³/mol. The van der Waals surface area contributed by atoms with Crippen LogP contribution in [0.1, 0.15) is 47.1 Å². The van der Waals surface area contributed by atoms with Gasteiger partial charge in [0.05, 0.1) is 5.54 Å². The molecule has 0 aliphatic heterocycles. The number of esters is 1. The maximum Gasteiger partial charge on any atom is 0.308 e. The van der Waals surface area contributed by atoms with Crippen molar-refractivity contribution in [1.29, 1.82) is 0 Å². The second-order valence-corrected chi connectivity index (χ2v) is 6.44. The molecule has 0 aliphatic carbocycles. The van der Waals surface area contributed by atoms with Crippen LogP contribution in [0.3, 0.4) is 0 Å². The number of rotatable bonds is 2. The molecule has 2 N–H and O–H groups in total. The van der Waals surface area contributed by atoms with Crippen molar-refractivity contribution in [3.05, 3.63) is 23.8 Å². The smallest absolute Gasteiger partial charge is 0.308 e. The summed E-state index contributed by atoms with van der Waals surface area (Å²) in [6.45, 7) is 10.8. The van der Waals surface area contributed by atoms with E-state index in [4.69, 9.17) is 15.2 Å². The zero-order chi connectivity index (χ0) is 16.3. The number of nitrogens with two attached hydrogens (primary N) is 1. The van der Waals surface area contributed by atoms with E-state index >= 15 is 0 Å². The average Bonchev–Trinajstić information content (AvgIpc) is 2.26. The van der Waals surface area contributed by atoms with E-state index in [-0.39, 0.29) is 0 Å². The monoisotopic (exact) mass is 289 g/mol. The van der Waals surface area contributed by atoms with Crippen molar-refractivity contribution in [2.45, 2.75) is 52.7 Å². The lowest BCUT2D eigenvalue weighted by Gasteiger charge is -2.23. The van der Waals surface area contributed by atoms with Crippen molar-refractivity contribution in [2.75, 3.05) is 0 Å². The molecule has 0 amide bonds. The first-order valence-corrected chi connectivity index (χ1v) is 6.80. The first kappa shape index (κ1) is 17.1. The summed E-state index contributed by atoms with van der Waals surface area (Å²) in [7, 11) is 0. The van der Waals surface area contributed by atoms with Crippen LogP contribution in [0.4, 0.5) is 0 Å². The highest BCUT2D eigenvalue weighted by Crippen LogP contribution is 2.31. The number of ether oxygens (including phenoxy) is 2. The Morgan fingerprint density at radius 3 is 2.24 bits per heavy atom. The van der Waals surface area contributed by atoms with E-state index in [0.717, 1.165) is 5.56 Å². The minimum absolute atomic E-state index is 0.384. The second kappa shape index (κ2) is 6.19. The molecule has 0 unspecified atom stereocenters.